The zero-order chi connectivity index (χ0) is 24.2. The van der Waals surface area contributed by atoms with Crippen molar-refractivity contribution in [1.82, 2.24) is 4.98 Å². The van der Waals surface area contributed by atoms with Gasteiger partial charge < -0.3 is 10.6 Å². The van der Waals surface area contributed by atoms with Gasteiger partial charge in [-0.3, -0.25) is 9.59 Å². The number of nitrogens with zero attached hydrogens (tertiary/aromatic N) is 1. The fraction of sp³-hybridized carbons (Fsp3) is 0.222. The van der Waals surface area contributed by atoms with Crippen LogP contribution in [0.1, 0.15) is 34.0 Å². The molecule has 0 saturated heterocycles. The Morgan fingerprint density at radius 2 is 1.68 bits per heavy atom. The zero-order valence-electron chi connectivity index (χ0n) is 19.6. The minimum Gasteiger partial charge on any atom is -0.325 e. The molecule has 34 heavy (non-hydrogen) atoms. The summed E-state index contributed by atoms with van der Waals surface area (Å²) in [6.07, 6.45) is 0. The van der Waals surface area contributed by atoms with E-state index in [1.165, 1.54) is 5.56 Å². The molecule has 0 aliphatic carbocycles. The molecule has 1 heterocycles. The Morgan fingerprint density at radius 3 is 2.38 bits per heavy atom. The Balaban J connectivity index is 1.38. The van der Waals surface area contributed by atoms with Crippen molar-refractivity contribution in [3.8, 4) is 0 Å². The van der Waals surface area contributed by atoms with Crippen LogP contribution in [0.5, 0.6) is 0 Å². The summed E-state index contributed by atoms with van der Waals surface area (Å²) in [6.45, 7) is 8.04. The molecular weight excluding hydrogens is 462 g/mol. The Kier molecular flexibility index (Phi) is 7.34. The van der Waals surface area contributed by atoms with E-state index < -0.39 is 0 Å². The number of hydrogen-bond donors (Lipinski definition) is 2. The van der Waals surface area contributed by atoms with Crippen LogP contribution in [-0.4, -0.2) is 22.6 Å². The SMILES string of the molecule is Cc1cc(C)c(NC(=O)C(C)CSc2nc3ccc(NC(=O)c4ccccc4)cc3s2)c(C)c1. The van der Waals surface area contributed by atoms with Crippen molar-refractivity contribution in [1.29, 1.82) is 0 Å². The van der Waals surface area contributed by atoms with Crippen molar-refractivity contribution in [2.45, 2.75) is 32.0 Å². The quantitative estimate of drug-likeness (QED) is 0.279. The van der Waals surface area contributed by atoms with Gasteiger partial charge in [-0.05, 0) is 62.2 Å². The van der Waals surface area contributed by atoms with E-state index in [2.05, 4.69) is 34.7 Å². The maximum Gasteiger partial charge on any atom is 0.255 e. The number of nitrogens with one attached hydrogen (secondary N) is 2. The highest BCUT2D eigenvalue weighted by Gasteiger charge is 2.17. The number of aromatic nitrogens is 1. The summed E-state index contributed by atoms with van der Waals surface area (Å²) in [4.78, 5) is 29.9. The van der Waals surface area contributed by atoms with Gasteiger partial charge in [-0.15, -0.1) is 11.3 Å². The second kappa shape index (κ2) is 10.4. The molecule has 0 aliphatic rings. The number of carbonyl (C=O) groups is 2. The van der Waals surface area contributed by atoms with Crippen LogP contribution in [0.2, 0.25) is 0 Å². The largest absolute Gasteiger partial charge is 0.325 e. The van der Waals surface area contributed by atoms with Gasteiger partial charge in [0.05, 0.1) is 10.2 Å². The van der Waals surface area contributed by atoms with E-state index in [-0.39, 0.29) is 17.7 Å². The molecule has 1 aromatic heterocycles. The fourth-order valence-electron chi connectivity index (χ4n) is 3.73. The molecule has 3 aromatic carbocycles. The molecular formula is C27H27N3O2S2. The third-order valence-corrected chi connectivity index (χ3v) is 7.91. The smallest absolute Gasteiger partial charge is 0.255 e. The summed E-state index contributed by atoms with van der Waals surface area (Å²) in [5.74, 6) is 0.332. The van der Waals surface area contributed by atoms with Crippen molar-refractivity contribution in [3.05, 3.63) is 82.9 Å². The molecule has 1 atom stereocenters. The highest BCUT2D eigenvalue weighted by Crippen LogP contribution is 2.32. The van der Waals surface area contributed by atoms with Gasteiger partial charge in [-0.25, -0.2) is 4.98 Å². The molecule has 2 amide bonds. The number of anilines is 2. The van der Waals surface area contributed by atoms with Crippen molar-refractivity contribution in [2.24, 2.45) is 5.92 Å². The lowest BCUT2D eigenvalue weighted by Gasteiger charge is -2.16. The molecule has 5 nitrogen and oxygen atoms in total. The van der Waals surface area contributed by atoms with Crippen LogP contribution < -0.4 is 10.6 Å². The normalized spacial score (nSPS) is 11.9. The van der Waals surface area contributed by atoms with E-state index in [0.29, 0.717) is 11.3 Å². The van der Waals surface area contributed by atoms with E-state index in [0.717, 1.165) is 37.1 Å². The summed E-state index contributed by atoms with van der Waals surface area (Å²) in [5.41, 5.74) is 6.48. The number of carbonyl (C=O) groups excluding carboxylic acids is 2. The second-order valence-electron chi connectivity index (χ2n) is 8.46. The Hall–Kier alpha value is -3.16. The third-order valence-electron chi connectivity index (χ3n) is 5.49. The first kappa shape index (κ1) is 24.0. The zero-order valence-corrected chi connectivity index (χ0v) is 21.3. The lowest BCUT2D eigenvalue weighted by atomic mass is 10.0. The van der Waals surface area contributed by atoms with Gasteiger partial charge in [-0.1, -0.05) is 54.6 Å². The lowest BCUT2D eigenvalue weighted by molar-refractivity contribution is -0.118. The first-order valence-corrected chi connectivity index (χ1v) is 12.9. The van der Waals surface area contributed by atoms with E-state index in [1.54, 1.807) is 35.2 Å². The molecule has 0 spiro atoms. The molecule has 0 bridgehead atoms. The van der Waals surface area contributed by atoms with Gasteiger partial charge in [0.2, 0.25) is 5.91 Å². The van der Waals surface area contributed by atoms with Gasteiger partial charge in [-0.2, -0.15) is 0 Å². The predicted octanol–water partition coefficient (Wildman–Crippen LogP) is 6.84. The minimum absolute atomic E-state index is 0.00887. The van der Waals surface area contributed by atoms with E-state index in [9.17, 15) is 9.59 Å². The molecule has 1 unspecified atom stereocenters. The summed E-state index contributed by atoms with van der Waals surface area (Å²) in [5, 5.41) is 6.04. The first-order valence-electron chi connectivity index (χ1n) is 11.1. The molecule has 174 valence electrons. The number of thiazole rings is 1. The maximum absolute atomic E-state index is 12.8. The van der Waals surface area contributed by atoms with Crippen molar-refractivity contribution >= 4 is 56.5 Å². The summed E-state index contributed by atoms with van der Waals surface area (Å²) < 4.78 is 1.90. The summed E-state index contributed by atoms with van der Waals surface area (Å²) in [6, 6.07) is 19.0. The predicted molar refractivity (Wildman–Crippen MR) is 143 cm³/mol. The first-order chi connectivity index (χ1) is 16.3. The van der Waals surface area contributed by atoms with Gasteiger partial charge in [0, 0.05) is 28.6 Å². The van der Waals surface area contributed by atoms with Crippen molar-refractivity contribution < 1.29 is 9.59 Å². The third kappa shape index (κ3) is 5.66. The van der Waals surface area contributed by atoms with E-state index in [4.69, 9.17) is 0 Å². The van der Waals surface area contributed by atoms with Gasteiger partial charge in [0.15, 0.2) is 4.34 Å². The molecule has 4 aromatic rings. The average Bonchev–Trinajstić information content (AvgIpc) is 3.22. The highest BCUT2D eigenvalue weighted by molar-refractivity contribution is 8.01. The minimum atomic E-state index is -0.169. The second-order valence-corrected chi connectivity index (χ2v) is 10.8. The van der Waals surface area contributed by atoms with Crippen LogP contribution in [0, 0.1) is 26.7 Å². The maximum atomic E-state index is 12.8. The van der Waals surface area contributed by atoms with Crippen LogP contribution in [0.3, 0.4) is 0 Å². The number of rotatable bonds is 7. The number of amides is 2. The molecule has 0 radical (unpaired) electrons. The van der Waals surface area contributed by atoms with Crippen LogP contribution in [0.4, 0.5) is 11.4 Å². The number of thioether (sulfide) groups is 1. The van der Waals surface area contributed by atoms with Gasteiger partial charge in [0.25, 0.3) is 5.91 Å². The summed E-state index contributed by atoms with van der Waals surface area (Å²) in [7, 11) is 0. The van der Waals surface area contributed by atoms with Crippen molar-refractivity contribution in [3.63, 3.8) is 0 Å². The molecule has 0 fully saturated rings. The lowest BCUT2D eigenvalue weighted by Crippen LogP contribution is -2.23. The molecule has 2 N–H and O–H groups in total. The highest BCUT2D eigenvalue weighted by atomic mass is 32.2. The average molecular weight is 490 g/mol. The van der Waals surface area contributed by atoms with E-state index in [1.807, 2.05) is 57.2 Å². The summed E-state index contributed by atoms with van der Waals surface area (Å²) >= 11 is 3.15. The van der Waals surface area contributed by atoms with E-state index >= 15 is 0 Å². The fourth-order valence-corrected chi connectivity index (χ4v) is 5.88. The monoisotopic (exact) mass is 489 g/mol. The van der Waals surface area contributed by atoms with Crippen LogP contribution >= 0.6 is 23.1 Å². The number of hydrogen-bond acceptors (Lipinski definition) is 5. The Labute approximate surface area is 208 Å². The number of fused-ring (bicyclic) bond motifs is 1. The Morgan fingerprint density at radius 1 is 0.971 bits per heavy atom. The molecule has 7 heteroatoms. The van der Waals surface area contributed by atoms with Crippen LogP contribution in [0.15, 0.2) is 65.0 Å². The number of aryl methyl sites for hydroxylation is 3. The molecule has 0 aliphatic heterocycles. The standard InChI is InChI=1S/C27H27N3O2S2/c1-16-12-17(2)24(18(3)13-16)30-25(31)19(4)15-33-27-29-22-11-10-21(14-23(22)34-27)28-26(32)20-8-6-5-7-9-20/h5-14,19H,15H2,1-4H3,(H,28,32)(H,30,31). The van der Waals surface area contributed by atoms with Crippen LogP contribution in [-0.2, 0) is 4.79 Å². The van der Waals surface area contributed by atoms with Gasteiger partial charge in [0.1, 0.15) is 0 Å². The van der Waals surface area contributed by atoms with Crippen LogP contribution in [0.25, 0.3) is 10.2 Å². The molecule has 4 rings (SSSR count). The molecule has 0 saturated carbocycles. The Bertz CT molecular complexity index is 1330. The topological polar surface area (TPSA) is 71.1 Å². The van der Waals surface area contributed by atoms with Gasteiger partial charge >= 0.3 is 0 Å². The van der Waals surface area contributed by atoms with Crippen molar-refractivity contribution in [2.75, 3.05) is 16.4 Å². The number of benzene rings is 3.